The monoisotopic (exact) mass is 437 g/mol. The first-order chi connectivity index (χ1) is 16.0. The van der Waals surface area contributed by atoms with Crippen LogP contribution in [0, 0.1) is 31.0 Å². The Morgan fingerprint density at radius 2 is 1.73 bits per heavy atom. The quantitative estimate of drug-likeness (QED) is 0.249. The lowest BCUT2D eigenvalue weighted by atomic mass is 10.1. The van der Waals surface area contributed by atoms with Crippen molar-refractivity contribution in [1.82, 2.24) is 4.57 Å². The van der Waals surface area contributed by atoms with Crippen LogP contribution in [0.5, 0.6) is 0 Å². The molecule has 164 valence electrons. The van der Waals surface area contributed by atoms with Crippen molar-refractivity contribution in [2.75, 3.05) is 0 Å². The fraction of sp³-hybridized carbons (Fsp3) is 0.143. The Bertz CT molecular complexity index is 1340. The summed E-state index contributed by atoms with van der Waals surface area (Å²) >= 11 is 0. The molecule has 0 N–H and O–H groups in total. The second-order valence-electron chi connectivity index (χ2n) is 7.97. The van der Waals surface area contributed by atoms with E-state index in [1.165, 1.54) is 12.1 Å². The van der Waals surface area contributed by atoms with Crippen molar-refractivity contribution in [3.63, 3.8) is 0 Å². The minimum Gasteiger partial charge on any atom is -0.391 e. The molecular weight excluding hydrogens is 413 g/mol. The summed E-state index contributed by atoms with van der Waals surface area (Å²) in [5.74, 6) is -0.265. The highest BCUT2D eigenvalue weighted by Crippen LogP contribution is 2.30. The van der Waals surface area contributed by atoms with Crippen molar-refractivity contribution in [3.05, 3.63) is 113 Å². The van der Waals surface area contributed by atoms with Gasteiger partial charge in [0.15, 0.2) is 0 Å². The molecule has 0 aliphatic carbocycles. The van der Waals surface area contributed by atoms with Crippen LogP contribution in [0.4, 0.5) is 4.39 Å². The van der Waals surface area contributed by atoms with E-state index in [-0.39, 0.29) is 5.82 Å². The molecule has 0 atom stereocenters. The molecule has 0 bridgehead atoms. The topological polar surface area (TPSA) is 50.3 Å². The van der Waals surface area contributed by atoms with E-state index in [0.717, 1.165) is 45.0 Å². The summed E-state index contributed by atoms with van der Waals surface area (Å²) in [5, 5.41) is 13.3. The molecule has 4 aromatic rings. The maximum atomic E-state index is 13.6. The zero-order chi connectivity index (χ0) is 23.4. The van der Waals surface area contributed by atoms with Crippen LogP contribution in [-0.2, 0) is 11.4 Å². The Labute approximate surface area is 193 Å². The Hall–Kier alpha value is -4.17. The third kappa shape index (κ3) is 4.86. The Kier molecular flexibility index (Phi) is 6.37. The van der Waals surface area contributed by atoms with E-state index >= 15 is 0 Å². The van der Waals surface area contributed by atoms with Crippen LogP contribution in [0.1, 0.15) is 34.9 Å². The lowest BCUT2D eigenvalue weighted by Crippen LogP contribution is -2.03. The van der Waals surface area contributed by atoms with E-state index in [4.69, 9.17) is 10.1 Å². The molecule has 0 saturated carbocycles. The average Bonchev–Trinajstić information content (AvgIpc) is 3.17. The number of hydrogen-bond acceptors (Lipinski definition) is 3. The van der Waals surface area contributed by atoms with E-state index in [2.05, 4.69) is 47.0 Å². The van der Waals surface area contributed by atoms with E-state index in [1.807, 2.05) is 32.0 Å². The predicted molar refractivity (Wildman–Crippen MR) is 129 cm³/mol. The highest BCUT2D eigenvalue weighted by atomic mass is 19.1. The fourth-order valence-electron chi connectivity index (χ4n) is 3.83. The number of nitriles is 1. The van der Waals surface area contributed by atoms with Crippen molar-refractivity contribution in [2.24, 2.45) is 5.16 Å². The van der Waals surface area contributed by atoms with Crippen molar-refractivity contribution in [3.8, 4) is 23.0 Å². The van der Waals surface area contributed by atoms with Crippen LogP contribution in [0.15, 0.2) is 84.0 Å². The van der Waals surface area contributed by atoms with Crippen LogP contribution in [0.2, 0.25) is 0 Å². The lowest BCUT2D eigenvalue weighted by molar-refractivity contribution is 0.130. The first kappa shape index (κ1) is 22.0. The van der Waals surface area contributed by atoms with Gasteiger partial charge in [-0.25, -0.2) is 4.39 Å². The van der Waals surface area contributed by atoms with Gasteiger partial charge in [0.05, 0.1) is 23.0 Å². The number of rotatable bonds is 6. The number of aryl methyl sites for hydroxylation is 1. The zero-order valence-corrected chi connectivity index (χ0v) is 18.8. The molecule has 5 heteroatoms. The van der Waals surface area contributed by atoms with Crippen molar-refractivity contribution >= 4 is 5.71 Å². The highest BCUT2D eigenvalue weighted by molar-refractivity contribution is 6.01. The smallest absolute Gasteiger partial charge is 0.142 e. The van der Waals surface area contributed by atoms with Crippen molar-refractivity contribution < 1.29 is 9.23 Å². The van der Waals surface area contributed by atoms with Gasteiger partial charge >= 0.3 is 0 Å². The third-order valence-electron chi connectivity index (χ3n) is 5.55. The molecule has 4 rings (SSSR count). The minimum atomic E-state index is -0.265. The first-order valence-electron chi connectivity index (χ1n) is 10.7. The van der Waals surface area contributed by atoms with Crippen LogP contribution >= 0.6 is 0 Å². The molecule has 0 fully saturated rings. The average molecular weight is 438 g/mol. The SMILES string of the molecule is C/C(=N/OCc1ccc(C#N)cc1)c1cc(-c2ccc(F)cc2)n(-c2cccc(C)c2)c1C. The molecule has 1 aromatic heterocycles. The van der Waals surface area contributed by atoms with Crippen molar-refractivity contribution in [2.45, 2.75) is 27.4 Å². The summed E-state index contributed by atoms with van der Waals surface area (Å²) in [5.41, 5.74) is 8.32. The van der Waals surface area contributed by atoms with Gasteiger partial charge in [0.2, 0.25) is 0 Å². The summed E-state index contributed by atoms with van der Waals surface area (Å²) in [6.07, 6.45) is 0. The number of halogens is 1. The fourth-order valence-corrected chi connectivity index (χ4v) is 3.83. The van der Waals surface area contributed by atoms with Gasteiger partial charge in [0.25, 0.3) is 0 Å². The summed E-state index contributed by atoms with van der Waals surface area (Å²) < 4.78 is 15.7. The Morgan fingerprint density at radius 3 is 2.39 bits per heavy atom. The molecule has 4 nitrogen and oxygen atoms in total. The summed E-state index contributed by atoms with van der Waals surface area (Å²) in [4.78, 5) is 5.61. The standard InChI is InChI=1S/C28H24FN3O/c1-19-5-4-6-26(15-19)32-21(3)27(16-28(32)24-11-13-25(29)14-12-24)20(2)31-33-18-23-9-7-22(17-30)8-10-23/h4-16H,18H2,1-3H3/b31-20-. The molecule has 0 radical (unpaired) electrons. The lowest BCUT2D eigenvalue weighted by Gasteiger charge is -2.13. The summed E-state index contributed by atoms with van der Waals surface area (Å²) in [7, 11) is 0. The van der Waals surface area contributed by atoms with Gasteiger partial charge in [-0.1, -0.05) is 29.4 Å². The van der Waals surface area contributed by atoms with Gasteiger partial charge in [-0.2, -0.15) is 5.26 Å². The van der Waals surface area contributed by atoms with Gasteiger partial charge in [-0.3, -0.25) is 0 Å². The summed E-state index contributed by atoms with van der Waals surface area (Å²) in [6, 6.07) is 26.2. The molecule has 0 spiro atoms. The Balaban J connectivity index is 1.69. The number of nitrogens with zero attached hydrogens (tertiary/aromatic N) is 3. The number of hydrogen-bond donors (Lipinski definition) is 0. The minimum absolute atomic E-state index is 0.265. The van der Waals surface area contributed by atoms with Crippen LogP contribution in [0.25, 0.3) is 16.9 Å². The van der Waals surface area contributed by atoms with Crippen LogP contribution in [-0.4, -0.2) is 10.3 Å². The zero-order valence-electron chi connectivity index (χ0n) is 18.8. The first-order valence-corrected chi connectivity index (χ1v) is 10.7. The number of benzene rings is 3. The number of oxime groups is 1. The predicted octanol–water partition coefficient (Wildman–Crippen LogP) is 6.71. The number of aromatic nitrogens is 1. The molecule has 0 amide bonds. The molecule has 0 saturated heterocycles. The summed E-state index contributed by atoms with van der Waals surface area (Å²) in [6.45, 7) is 6.33. The normalized spacial score (nSPS) is 11.3. The molecule has 0 aliphatic heterocycles. The molecule has 33 heavy (non-hydrogen) atoms. The van der Waals surface area contributed by atoms with E-state index in [1.54, 1.807) is 24.3 Å². The molecule has 0 aliphatic rings. The van der Waals surface area contributed by atoms with Gasteiger partial charge in [0, 0.05) is 16.9 Å². The Morgan fingerprint density at radius 1 is 1.00 bits per heavy atom. The maximum Gasteiger partial charge on any atom is 0.142 e. The largest absolute Gasteiger partial charge is 0.391 e. The highest BCUT2D eigenvalue weighted by Gasteiger charge is 2.17. The second kappa shape index (κ2) is 9.54. The van der Waals surface area contributed by atoms with Gasteiger partial charge < -0.3 is 9.40 Å². The molecule has 1 heterocycles. The second-order valence-corrected chi connectivity index (χ2v) is 7.97. The van der Waals surface area contributed by atoms with E-state index in [0.29, 0.717) is 12.2 Å². The maximum absolute atomic E-state index is 13.6. The van der Waals surface area contributed by atoms with Gasteiger partial charge in [-0.15, -0.1) is 0 Å². The van der Waals surface area contributed by atoms with Gasteiger partial charge in [0.1, 0.15) is 12.4 Å². The van der Waals surface area contributed by atoms with Crippen LogP contribution < -0.4 is 0 Å². The van der Waals surface area contributed by atoms with E-state index in [9.17, 15) is 4.39 Å². The molecular formula is C28H24FN3O. The van der Waals surface area contributed by atoms with Crippen LogP contribution in [0.3, 0.4) is 0 Å². The molecule has 3 aromatic carbocycles. The molecule has 0 unspecified atom stereocenters. The van der Waals surface area contributed by atoms with Gasteiger partial charge in [-0.05, 0) is 92.1 Å². The third-order valence-corrected chi connectivity index (χ3v) is 5.55. The van der Waals surface area contributed by atoms with E-state index < -0.39 is 0 Å². The van der Waals surface area contributed by atoms with Crippen molar-refractivity contribution in [1.29, 1.82) is 5.26 Å².